The van der Waals surface area contributed by atoms with Gasteiger partial charge in [-0.15, -0.1) is 0 Å². The average Bonchev–Trinajstić information content (AvgIpc) is 2.88. The molecule has 18 heavy (non-hydrogen) atoms. The van der Waals surface area contributed by atoms with Crippen LogP contribution >= 0.6 is 0 Å². The number of nitrogens with zero attached hydrogens (tertiary/aromatic N) is 1. The molecule has 100 valence electrons. The van der Waals surface area contributed by atoms with Gasteiger partial charge in [-0.1, -0.05) is 6.07 Å². The van der Waals surface area contributed by atoms with Crippen LogP contribution in [0.2, 0.25) is 0 Å². The number of nitrogens with two attached hydrogens (primary N) is 1. The number of hydrogen-bond donors (Lipinski definition) is 1. The van der Waals surface area contributed by atoms with Gasteiger partial charge in [0.2, 0.25) is 0 Å². The molecule has 1 atom stereocenters. The van der Waals surface area contributed by atoms with Crippen molar-refractivity contribution in [3.63, 3.8) is 0 Å². The lowest BCUT2D eigenvalue weighted by atomic mass is 9.87. The van der Waals surface area contributed by atoms with Crippen LogP contribution in [0.4, 0.5) is 5.69 Å². The quantitative estimate of drug-likeness (QED) is 0.860. The molecule has 0 aliphatic carbocycles. The molecular weight excluding hydrogens is 228 g/mol. The Morgan fingerprint density at radius 1 is 1.50 bits per heavy atom. The highest BCUT2D eigenvalue weighted by Crippen LogP contribution is 2.30. The summed E-state index contributed by atoms with van der Waals surface area (Å²) in [4.78, 5) is 2.23. The Bertz CT molecular complexity index is 389. The predicted octanol–water partition coefficient (Wildman–Crippen LogP) is 1.50. The second kappa shape index (κ2) is 5.59. The Hall–Kier alpha value is -1.26. The summed E-state index contributed by atoms with van der Waals surface area (Å²) in [5, 5.41) is 0. The molecule has 4 nitrogen and oxygen atoms in total. The maximum absolute atomic E-state index is 5.92. The second-order valence-electron chi connectivity index (χ2n) is 5.06. The highest BCUT2D eigenvalue weighted by Gasteiger charge is 2.34. The number of ether oxygens (including phenoxy) is 2. The van der Waals surface area contributed by atoms with Crippen LogP contribution in [-0.4, -0.2) is 40.5 Å². The molecule has 0 saturated carbocycles. The normalized spacial score (nSPS) is 23.1. The summed E-state index contributed by atoms with van der Waals surface area (Å²) < 4.78 is 10.8. The fourth-order valence-electron chi connectivity index (χ4n) is 2.44. The molecule has 1 fully saturated rings. The first kappa shape index (κ1) is 13.2. The van der Waals surface area contributed by atoms with Crippen LogP contribution in [0.1, 0.15) is 6.42 Å². The first-order valence-electron chi connectivity index (χ1n) is 6.32. The Labute approximate surface area is 109 Å². The van der Waals surface area contributed by atoms with Crippen LogP contribution in [0.15, 0.2) is 24.3 Å². The van der Waals surface area contributed by atoms with Gasteiger partial charge in [0.25, 0.3) is 0 Å². The van der Waals surface area contributed by atoms with Crippen molar-refractivity contribution in [1.29, 1.82) is 0 Å². The van der Waals surface area contributed by atoms with Gasteiger partial charge in [0, 0.05) is 43.9 Å². The van der Waals surface area contributed by atoms with Gasteiger partial charge >= 0.3 is 0 Å². The Balaban J connectivity index is 2.08. The van der Waals surface area contributed by atoms with Gasteiger partial charge in [0.15, 0.2) is 0 Å². The van der Waals surface area contributed by atoms with Gasteiger partial charge in [-0.25, -0.2) is 0 Å². The van der Waals surface area contributed by atoms with Crippen LogP contribution < -0.4 is 15.4 Å². The number of hydrogen-bond acceptors (Lipinski definition) is 4. The summed E-state index contributed by atoms with van der Waals surface area (Å²) in [5.74, 6) is 0.879. The lowest BCUT2D eigenvalue weighted by Crippen LogP contribution is -2.41. The van der Waals surface area contributed by atoms with Gasteiger partial charge in [0.1, 0.15) is 5.75 Å². The van der Waals surface area contributed by atoms with E-state index in [1.54, 1.807) is 7.11 Å². The van der Waals surface area contributed by atoms with Gasteiger partial charge < -0.3 is 20.1 Å². The van der Waals surface area contributed by atoms with E-state index in [0.717, 1.165) is 37.6 Å². The Morgan fingerprint density at radius 2 is 2.33 bits per heavy atom. The minimum atomic E-state index is 0.0951. The molecule has 1 saturated heterocycles. The SMILES string of the molecule is COc1cccc(N(C)CC2(CN)CCOC2)c1. The molecule has 1 aromatic carbocycles. The third-order valence-corrected chi connectivity index (χ3v) is 3.68. The number of anilines is 1. The molecule has 2 N–H and O–H groups in total. The summed E-state index contributed by atoms with van der Waals surface area (Å²) in [5.41, 5.74) is 7.16. The summed E-state index contributed by atoms with van der Waals surface area (Å²) in [6, 6.07) is 8.09. The zero-order chi connectivity index (χ0) is 13.0. The molecule has 0 radical (unpaired) electrons. The highest BCUT2D eigenvalue weighted by atomic mass is 16.5. The molecule has 1 aliphatic rings. The molecule has 0 bridgehead atoms. The van der Waals surface area contributed by atoms with E-state index in [4.69, 9.17) is 15.2 Å². The second-order valence-corrected chi connectivity index (χ2v) is 5.06. The number of benzene rings is 1. The Kier molecular flexibility index (Phi) is 4.09. The summed E-state index contributed by atoms with van der Waals surface area (Å²) in [6.07, 6.45) is 1.04. The van der Waals surface area contributed by atoms with Crippen LogP contribution in [-0.2, 0) is 4.74 Å². The van der Waals surface area contributed by atoms with E-state index >= 15 is 0 Å². The van der Waals surface area contributed by atoms with Crippen LogP contribution in [0.25, 0.3) is 0 Å². The van der Waals surface area contributed by atoms with E-state index in [0.29, 0.717) is 6.54 Å². The van der Waals surface area contributed by atoms with Crippen molar-refractivity contribution in [2.45, 2.75) is 6.42 Å². The van der Waals surface area contributed by atoms with Crippen molar-refractivity contribution in [3.8, 4) is 5.75 Å². The molecule has 4 heteroatoms. The minimum absolute atomic E-state index is 0.0951. The molecule has 1 heterocycles. The Morgan fingerprint density at radius 3 is 2.94 bits per heavy atom. The summed E-state index contributed by atoms with van der Waals surface area (Å²) in [7, 11) is 3.77. The molecule has 1 aromatic rings. The third-order valence-electron chi connectivity index (χ3n) is 3.68. The van der Waals surface area contributed by atoms with Crippen molar-refractivity contribution in [1.82, 2.24) is 0 Å². The topological polar surface area (TPSA) is 47.7 Å². The van der Waals surface area contributed by atoms with Crippen molar-refractivity contribution in [2.75, 3.05) is 45.4 Å². The maximum atomic E-state index is 5.92. The zero-order valence-corrected chi connectivity index (χ0v) is 11.2. The molecular formula is C14H22N2O2. The third kappa shape index (κ3) is 2.76. The lowest BCUT2D eigenvalue weighted by Gasteiger charge is -2.32. The summed E-state index contributed by atoms with van der Waals surface area (Å²) >= 11 is 0. The first-order chi connectivity index (χ1) is 8.69. The average molecular weight is 250 g/mol. The monoisotopic (exact) mass is 250 g/mol. The fourth-order valence-corrected chi connectivity index (χ4v) is 2.44. The van der Waals surface area contributed by atoms with E-state index in [-0.39, 0.29) is 5.41 Å². The van der Waals surface area contributed by atoms with Crippen molar-refractivity contribution >= 4 is 5.69 Å². The molecule has 1 aliphatic heterocycles. The van der Waals surface area contributed by atoms with Crippen LogP contribution in [0.5, 0.6) is 5.75 Å². The number of rotatable bonds is 5. The minimum Gasteiger partial charge on any atom is -0.497 e. The van der Waals surface area contributed by atoms with Gasteiger partial charge in [-0.05, 0) is 18.6 Å². The van der Waals surface area contributed by atoms with E-state index in [9.17, 15) is 0 Å². The fraction of sp³-hybridized carbons (Fsp3) is 0.571. The van der Waals surface area contributed by atoms with Gasteiger partial charge in [-0.2, -0.15) is 0 Å². The summed E-state index contributed by atoms with van der Waals surface area (Å²) in [6.45, 7) is 3.17. The van der Waals surface area contributed by atoms with Crippen LogP contribution in [0.3, 0.4) is 0 Å². The molecule has 0 spiro atoms. The molecule has 1 unspecified atom stereocenters. The van der Waals surface area contributed by atoms with Gasteiger partial charge in [0.05, 0.1) is 13.7 Å². The van der Waals surface area contributed by atoms with Gasteiger partial charge in [-0.3, -0.25) is 0 Å². The number of methoxy groups -OCH3 is 1. The van der Waals surface area contributed by atoms with Crippen molar-refractivity contribution in [3.05, 3.63) is 24.3 Å². The van der Waals surface area contributed by atoms with E-state index in [2.05, 4.69) is 18.0 Å². The predicted molar refractivity (Wildman–Crippen MR) is 73.2 cm³/mol. The van der Waals surface area contributed by atoms with E-state index < -0.39 is 0 Å². The molecule has 2 rings (SSSR count). The van der Waals surface area contributed by atoms with Crippen molar-refractivity contribution in [2.24, 2.45) is 11.1 Å². The standard InChI is InChI=1S/C14H22N2O2/c1-16(10-14(9-15)6-7-18-11-14)12-4-3-5-13(8-12)17-2/h3-5,8H,6-7,9-11,15H2,1-2H3. The maximum Gasteiger partial charge on any atom is 0.120 e. The smallest absolute Gasteiger partial charge is 0.120 e. The van der Waals surface area contributed by atoms with Crippen LogP contribution in [0, 0.1) is 5.41 Å². The lowest BCUT2D eigenvalue weighted by molar-refractivity contribution is 0.157. The molecule has 0 aromatic heterocycles. The zero-order valence-electron chi connectivity index (χ0n) is 11.2. The van der Waals surface area contributed by atoms with E-state index in [1.807, 2.05) is 18.2 Å². The van der Waals surface area contributed by atoms with E-state index in [1.165, 1.54) is 0 Å². The van der Waals surface area contributed by atoms with Crippen molar-refractivity contribution < 1.29 is 9.47 Å². The highest BCUT2D eigenvalue weighted by molar-refractivity contribution is 5.50. The first-order valence-corrected chi connectivity index (χ1v) is 6.32. The molecule has 0 amide bonds. The largest absolute Gasteiger partial charge is 0.497 e.